The van der Waals surface area contributed by atoms with Gasteiger partial charge in [0.1, 0.15) is 0 Å². The molecule has 0 bridgehead atoms. The van der Waals surface area contributed by atoms with Crippen molar-refractivity contribution < 1.29 is 8.22 Å². The summed E-state index contributed by atoms with van der Waals surface area (Å²) in [6, 6.07) is 19.9. The Kier molecular flexibility index (Phi) is 4.39. The molecule has 0 saturated heterocycles. The Bertz CT molecular complexity index is 1620. The monoisotopic (exact) mass is 466 g/mol. The summed E-state index contributed by atoms with van der Waals surface area (Å²) in [7, 11) is 0. The highest BCUT2D eigenvalue weighted by molar-refractivity contribution is 5.74. The largest absolute Gasteiger partial charge is 0.399 e. The molecule has 8 nitrogen and oxygen atoms in total. The lowest BCUT2D eigenvalue weighted by Crippen LogP contribution is -2.16. The number of para-hydroxylation sites is 2. The van der Waals surface area contributed by atoms with Crippen LogP contribution in [0.1, 0.15) is 8.22 Å². The number of rotatable bonds is 7. The number of aromatic nitrogens is 3. The second kappa shape index (κ2) is 9.80. The fourth-order valence-corrected chi connectivity index (χ4v) is 3.25. The van der Waals surface area contributed by atoms with E-state index in [4.69, 9.17) is 19.7 Å². The number of anilines is 9. The van der Waals surface area contributed by atoms with E-state index in [0.29, 0.717) is 0 Å². The maximum atomic E-state index is 8.36. The third-order valence-electron chi connectivity index (χ3n) is 4.73. The molecular weight excluding hydrogens is 436 g/mol. The molecule has 0 spiro atoms. The van der Waals surface area contributed by atoms with Crippen LogP contribution in [0.25, 0.3) is 0 Å². The van der Waals surface area contributed by atoms with E-state index in [2.05, 4.69) is 25.6 Å². The van der Waals surface area contributed by atoms with Crippen molar-refractivity contribution in [1.29, 1.82) is 0 Å². The normalized spacial score (nSPS) is 12.9. The Balaban J connectivity index is 1.70. The Morgan fingerprint density at radius 3 is 1.51 bits per heavy atom. The van der Waals surface area contributed by atoms with Crippen molar-refractivity contribution in [2.75, 3.05) is 27.0 Å². The van der Waals surface area contributed by atoms with Crippen molar-refractivity contribution in [3.05, 3.63) is 109 Å². The quantitative estimate of drug-likeness (QED) is 0.216. The molecular formula is C27H24N8. The zero-order valence-electron chi connectivity index (χ0n) is 24.4. The van der Waals surface area contributed by atoms with Crippen LogP contribution in [-0.4, -0.2) is 15.0 Å². The predicted molar refractivity (Wildman–Crippen MR) is 143 cm³/mol. The predicted octanol–water partition coefficient (Wildman–Crippen LogP) is 5.99. The van der Waals surface area contributed by atoms with E-state index in [1.54, 1.807) is 4.90 Å². The summed E-state index contributed by atoms with van der Waals surface area (Å²) in [5, 5.41) is 5.73. The van der Waals surface area contributed by atoms with Crippen LogP contribution in [0.3, 0.4) is 0 Å². The van der Waals surface area contributed by atoms with Crippen LogP contribution < -0.4 is 27.0 Å². The summed E-state index contributed by atoms with van der Waals surface area (Å²) in [5.41, 5.74) is 12.9. The molecule has 1 aromatic heterocycles. The molecule has 35 heavy (non-hydrogen) atoms. The minimum atomic E-state index is -0.261. The topological polar surface area (TPSA) is 118 Å². The lowest BCUT2D eigenvalue weighted by Gasteiger charge is -2.24. The van der Waals surface area contributed by atoms with E-state index in [-0.39, 0.29) is 76.8 Å². The van der Waals surface area contributed by atoms with Crippen LogP contribution >= 0.6 is 0 Å². The molecule has 5 rings (SSSR count). The van der Waals surface area contributed by atoms with Gasteiger partial charge in [-0.2, -0.15) is 15.0 Å². The molecule has 0 aliphatic carbocycles. The van der Waals surface area contributed by atoms with E-state index in [1.165, 1.54) is 12.1 Å². The molecule has 4 aromatic carbocycles. The maximum Gasteiger partial charge on any atom is 0.241 e. The third-order valence-corrected chi connectivity index (χ3v) is 4.73. The van der Waals surface area contributed by atoms with E-state index < -0.39 is 0 Å². The van der Waals surface area contributed by atoms with Gasteiger partial charge in [-0.1, -0.05) is 48.5 Å². The molecule has 0 saturated carbocycles. The lowest BCUT2D eigenvalue weighted by atomic mass is 10.2. The van der Waals surface area contributed by atoms with Crippen LogP contribution in [-0.2, 0) is 0 Å². The number of nitrogens with zero attached hydrogens (tertiary/aromatic N) is 4. The van der Waals surface area contributed by atoms with Crippen LogP contribution in [0.4, 0.5) is 52.0 Å². The molecule has 8 heteroatoms. The van der Waals surface area contributed by atoms with E-state index in [0.717, 1.165) is 11.4 Å². The van der Waals surface area contributed by atoms with Crippen molar-refractivity contribution in [3.8, 4) is 0 Å². The van der Waals surface area contributed by atoms with Crippen molar-refractivity contribution in [3.63, 3.8) is 0 Å². The molecule has 0 fully saturated rings. The van der Waals surface area contributed by atoms with E-state index >= 15 is 0 Å². The molecule has 6 N–H and O–H groups in total. The summed E-state index contributed by atoms with van der Waals surface area (Å²) >= 11 is 0. The molecule has 1 heterocycles. The first kappa shape index (κ1) is 15.7. The molecule has 0 unspecified atom stereocenters. The summed E-state index contributed by atoms with van der Waals surface area (Å²) in [4.78, 5) is 15.3. The van der Waals surface area contributed by atoms with Gasteiger partial charge in [0.25, 0.3) is 0 Å². The highest BCUT2D eigenvalue weighted by atomic mass is 15.3. The molecule has 0 aliphatic rings. The Hall–Kier alpha value is -5.11. The van der Waals surface area contributed by atoms with Gasteiger partial charge in [0, 0.05) is 34.1 Å². The van der Waals surface area contributed by atoms with Gasteiger partial charge in [0.05, 0.1) is 8.22 Å². The van der Waals surface area contributed by atoms with Gasteiger partial charge in [-0.05, 0) is 60.5 Å². The standard InChI is InChI=1S/C27H24N8/c28-19-9-7-11-21(17-19)30-25-32-26(31-22-12-8-10-20(29)18-22)34-27(33-25)35(23-13-3-1-4-14-23)24-15-5-2-6-16-24/h1-18H,28-29H2,(H2,30,31,32,33,34)/i9D,10D,11D,12D,17D,18D. The van der Waals surface area contributed by atoms with Gasteiger partial charge in [0.2, 0.25) is 17.8 Å². The van der Waals surface area contributed by atoms with Gasteiger partial charge in [0.15, 0.2) is 0 Å². The molecule has 5 aromatic rings. The van der Waals surface area contributed by atoms with Gasteiger partial charge in [-0.25, -0.2) is 0 Å². The zero-order chi connectivity index (χ0) is 29.3. The maximum absolute atomic E-state index is 8.36. The molecule has 0 atom stereocenters. The summed E-state index contributed by atoms with van der Waals surface area (Å²) in [5.74, 6) is -0.0121. The van der Waals surface area contributed by atoms with Gasteiger partial charge in [-0.3, -0.25) is 4.90 Å². The van der Waals surface area contributed by atoms with E-state index in [1.807, 2.05) is 60.7 Å². The van der Waals surface area contributed by atoms with Crippen LogP contribution in [0.5, 0.6) is 0 Å². The second-order valence-corrected chi connectivity index (χ2v) is 7.23. The fourth-order valence-electron chi connectivity index (χ4n) is 3.25. The average molecular weight is 467 g/mol. The van der Waals surface area contributed by atoms with Gasteiger partial charge in [-0.15, -0.1) is 0 Å². The fraction of sp³-hybridized carbons (Fsp3) is 0. The molecule has 0 amide bonds. The first-order chi connectivity index (χ1) is 19.6. The molecule has 0 radical (unpaired) electrons. The lowest BCUT2D eigenvalue weighted by molar-refractivity contribution is 1.02. The van der Waals surface area contributed by atoms with Crippen molar-refractivity contribution >= 4 is 52.0 Å². The highest BCUT2D eigenvalue weighted by Crippen LogP contribution is 2.33. The second-order valence-electron chi connectivity index (χ2n) is 7.23. The third kappa shape index (κ3) is 5.28. The number of nitrogens with two attached hydrogens (primary N) is 2. The molecule has 172 valence electrons. The number of hydrogen-bond acceptors (Lipinski definition) is 8. The number of hydrogen-bond donors (Lipinski definition) is 4. The van der Waals surface area contributed by atoms with Crippen molar-refractivity contribution in [1.82, 2.24) is 15.0 Å². The minimum absolute atomic E-state index is 0.0160. The average Bonchev–Trinajstić information content (AvgIpc) is 2.96. The Morgan fingerprint density at radius 2 is 1.06 bits per heavy atom. The summed E-state index contributed by atoms with van der Waals surface area (Å²) < 4.78 is 49.1. The molecule has 0 aliphatic heterocycles. The highest BCUT2D eigenvalue weighted by Gasteiger charge is 2.18. The van der Waals surface area contributed by atoms with Crippen LogP contribution in [0, 0.1) is 0 Å². The van der Waals surface area contributed by atoms with Crippen molar-refractivity contribution in [2.24, 2.45) is 0 Å². The SMILES string of the molecule is [2H]c1cc([2H])c(Nc2nc(Nc3c([2H])cc([2H])c(N)c3[2H])nc(N(c3ccccc3)c3ccccc3)n2)c([2H])c1N. The summed E-state index contributed by atoms with van der Waals surface area (Å²) in [6.07, 6.45) is 0. The number of nitrogen functional groups attached to an aromatic ring is 2. The first-order valence-corrected chi connectivity index (χ1v) is 10.6. The number of benzene rings is 4. The first-order valence-electron chi connectivity index (χ1n) is 13.6. The Morgan fingerprint density at radius 1 is 0.600 bits per heavy atom. The van der Waals surface area contributed by atoms with E-state index in [9.17, 15) is 0 Å². The van der Waals surface area contributed by atoms with Crippen LogP contribution in [0.2, 0.25) is 0 Å². The van der Waals surface area contributed by atoms with Crippen molar-refractivity contribution in [2.45, 2.75) is 0 Å². The smallest absolute Gasteiger partial charge is 0.241 e. The van der Waals surface area contributed by atoms with Gasteiger partial charge >= 0.3 is 0 Å². The zero-order valence-corrected chi connectivity index (χ0v) is 18.4. The minimum Gasteiger partial charge on any atom is -0.399 e. The number of nitrogens with one attached hydrogen (secondary N) is 2. The van der Waals surface area contributed by atoms with Gasteiger partial charge < -0.3 is 22.1 Å². The Labute approximate surface area is 211 Å². The van der Waals surface area contributed by atoms with Crippen LogP contribution in [0.15, 0.2) is 109 Å². The summed E-state index contributed by atoms with van der Waals surface area (Å²) in [6.45, 7) is 0.